The average Bonchev–Trinajstić information content (AvgIpc) is 3.44. The first kappa shape index (κ1) is 22.6. The van der Waals surface area contributed by atoms with Crippen LogP contribution in [0.15, 0.2) is 12.4 Å². The molecule has 8 nitrogen and oxygen atoms in total. The molecule has 2 amide bonds. The van der Waals surface area contributed by atoms with Gasteiger partial charge in [0.25, 0.3) is 0 Å². The number of halogens is 1. The Morgan fingerprint density at radius 2 is 2.00 bits per heavy atom. The number of likely N-dealkylation sites (tertiary alicyclic amines) is 2. The van der Waals surface area contributed by atoms with Crippen molar-refractivity contribution in [3.63, 3.8) is 0 Å². The predicted octanol–water partition coefficient (Wildman–Crippen LogP) is 4.32. The van der Waals surface area contributed by atoms with Gasteiger partial charge in [-0.15, -0.1) is 11.3 Å². The number of carbonyl (C=O) groups excluding carboxylic acids is 1. The molecule has 0 aromatic carbocycles. The molecular weight excluding hydrogens is 452 g/mol. The molecule has 2 aromatic rings. The number of aromatic nitrogens is 2. The van der Waals surface area contributed by atoms with Crippen molar-refractivity contribution in [1.82, 2.24) is 19.8 Å². The monoisotopic (exact) mass is 476 g/mol. The van der Waals surface area contributed by atoms with Crippen molar-refractivity contribution >= 4 is 45.3 Å². The van der Waals surface area contributed by atoms with Gasteiger partial charge in [-0.2, -0.15) is 0 Å². The second kappa shape index (κ2) is 8.75. The molecule has 1 N–H and O–H groups in total. The quantitative estimate of drug-likeness (QED) is 0.486. The number of rotatable bonds is 1. The van der Waals surface area contributed by atoms with Crippen molar-refractivity contribution in [3.05, 3.63) is 22.4 Å². The molecule has 0 spiro atoms. The first-order valence-corrected chi connectivity index (χ1v) is 11.7. The molecule has 1 unspecified atom stereocenters. The molecule has 170 valence electrons. The maximum atomic E-state index is 12.6. The summed E-state index contributed by atoms with van der Waals surface area (Å²) in [5, 5.41) is 10.9. The lowest BCUT2D eigenvalue weighted by Crippen LogP contribution is -2.42. The number of fused-ring (bicyclic) bond motifs is 1. The molecule has 0 bridgehead atoms. The lowest BCUT2D eigenvalue weighted by Gasteiger charge is -2.34. The maximum absolute atomic E-state index is 12.6. The second-order valence-electron chi connectivity index (χ2n) is 9.15. The van der Waals surface area contributed by atoms with E-state index in [1.807, 2.05) is 26.8 Å². The molecule has 4 rings (SSSR count). The van der Waals surface area contributed by atoms with Crippen molar-refractivity contribution in [2.24, 2.45) is 11.3 Å². The highest BCUT2D eigenvalue weighted by Gasteiger charge is 2.51. The highest BCUT2D eigenvalue weighted by molar-refractivity contribution is 7.19. The van der Waals surface area contributed by atoms with E-state index in [1.54, 1.807) is 4.90 Å². The van der Waals surface area contributed by atoms with E-state index in [4.69, 9.17) is 16.3 Å². The SMILES string of the molecule is CC(C)(C)C1[C@H](OC(=O)N2CCCC2)CN(C(=O)O)[C@H]1C#Cc1cc2c(Cl)ncnc2s1. The highest BCUT2D eigenvalue weighted by Crippen LogP contribution is 2.40. The number of thiophene rings is 1. The first-order chi connectivity index (χ1) is 15.1. The van der Waals surface area contributed by atoms with E-state index in [0.29, 0.717) is 18.2 Å². The van der Waals surface area contributed by atoms with Crippen molar-refractivity contribution in [1.29, 1.82) is 0 Å². The van der Waals surface area contributed by atoms with E-state index in [2.05, 4.69) is 21.8 Å². The summed E-state index contributed by atoms with van der Waals surface area (Å²) in [6.45, 7) is 7.50. The minimum atomic E-state index is -1.08. The molecule has 3 atom stereocenters. The van der Waals surface area contributed by atoms with Crippen molar-refractivity contribution in [2.45, 2.75) is 45.8 Å². The van der Waals surface area contributed by atoms with Crippen LogP contribution >= 0.6 is 22.9 Å². The first-order valence-electron chi connectivity index (χ1n) is 10.5. The normalized spacial score (nSPS) is 23.3. The fourth-order valence-electron chi connectivity index (χ4n) is 4.46. The van der Waals surface area contributed by atoms with Crippen molar-refractivity contribution < 1.29 is 19.4 Å². The molecule has 2 aromatic heterocycles. The number of ether oxygens (including phenoxy) is 1. The minimum absolute atomic E-state index is 0.0971. The molecule has 0 saturated carbocycles. The Bertz CT molecular complexity index is 1100. The summed E-state index contributed by atoms with van der Waals surface area (Å²) in [5.74, 6) is 5.97. The van der Waals surface area contributed by atoms with Gasteiger partial charge in [0.15, 0.2) is 0 Å². The molecule has 32 heavy (non-hydrogen) atoms. The molecule has 0 radical (unpaired) electrons. The third kappa shape index (κ3) is 4.48. The summed E-state index contributed by atoms with van der Waals surface area (Å²) in [6, 6.07) is 1.20. The Balaban J connectivity index is 1.64. The zero-order valence-corrected chi connectivity index (χ0v) is 19.7. The highest BCUT2D eigenvalue weighted by atomic mass is 35.5. The lowest BCUT2D eigenvalue weighted by molar-refractivity contribution is 0.0265. The average molecular weight is 477 g/mol. The van der Waals surface area contributed by atoms with Gasteiger partial charge in [0.05, 0.1) is 16.8 Å². The molecular formula is C22H25ClN4O4S. The van der Waals surface area contributed by atoms with Crippen LogP contribution in [0.2, 0.25) is 5.15 Å². The van der Waals surface area contributed by atoms with Crippen LogP contribution in [0.3, 0.4) is 0 Å². The summed E-state index contributed by atoms with van der Waals surface area (Å²) >= 11 is 7.51. The number of hydrogen-bond acceptors (Lipinski definition) is 6. The second-order valence-corrected chi connectivity index (χ2v) is 10.5. The zero-order chi connectivity index (χ0) is 23.0. The van der Waals surface area contributed by atoms with Gasteiger partial charge in [0.1, 0.15) is 28.5 Å². The van der Waals surface area contributed by atoms with Crippen LogP contribution in [0.1, 0.15) is 38.5 Å². The molecule has 2 fully saturated rings. The Labute approximate surface area is 195 Å². The largest absolute Gasteiger partial charge is 0.465 e. The van der Waals surface area contributed by atoms with Crippen LogP contribution in [-0.4, -0.2) is 68.8 Å². The van der Waals surface area contributed by atoms with E-state index in [9.17, 15) is 14.7 Å². The minimum Gasteiger partial charge on any atom is -0.465 e. The van der Waals surface area contributed by atoms with Gasteiger partial charge in [-0.25, -0.2) is 19.6 Å². The molecule has 2 aliphatic heterocycles. The van der Waals surface area contributed by atoms with Crippen LogP contribution < -0.4 is 0 Å². The zero-order valence-electron chi connectivity index (χ0n) is 18.2. The number of nitrogens with zero attached hydrogens (tertiary/aromatic N) is 4. The van der Waals surface area contributed by atoms with E-state index < -0.39 is 18.2 Å². The summed E-state index contributed by atoms with van der Waals surface area (Å²) in [4.78, 5) is 37.3. The molecule has 2 saturated heterocycles. The smallest absolute Gasteiger partial charge is 0.410 e. The van der Waals surface area contributed by atoms with Gasteiger partial charge >= 0.3 is 12.2 Å². The third-order valence-corrected chi connectivity index (χ3v) is 7.20. The van der Waals surface area contributed by atoms with E-state index >= 15 is 0 Å². The summed E-state index contributed by atoms with van der Waals surface area (Å²) in [5.41, 5.74) is -0.339. The summed E-state index contributed by atoms with van der Waals surface area (Å²) in [7, 11) is 0. The summed E-state index contributed by atoms with van der Waals surface area (Å²) in [6.07, 6.45) is 1.29. The van der Waals surface area contributed by atoms with Crippen LogP contribution in [0, 0.1) is 23.2 Å². The fraction of sp³-hybridized carbons (Fsp3) is 0.545. The summed E-state index contributed by atoms with van der Waals surface area (Å²) < 4.78 is 5.84. The van der Waals surface area contributed by atoms with Gasteiger partial charge in [-0.05, 0) is 24.3 Å². The third-order valence-electron chi connectivity index (χ3n) is 5.94. The predicted molar refractivity (Wildman–Crippen MR) is 122 cm³/mol. The van der Waals surface area contributed by atoms with Crippen molar-refractivity contribution in [2.75, 3.05) is 19.6 Å². The lowest BCUT2D eigenvalue weighted by atomic mass is 9.75. The standard InChI is InChI=1S/C22H25ClN4O4S/c1-22(2,3)17-15(7-6-13-10-14-18(23)24-12-25-19(14)32-13)27(20(28)29)11-16(17)31-21(30)26-8-4-5-9-26/h10,12,15-17H,4-5,8-9,11H2,1-3H3,(H,28,29)/t15-,16+,17?/m0/s1. The Kier molecular flexibility index (Phi) is 6.19. The van der Waals surface area contributed by atoms with Crippen molar-refractivity contribution in [3.8, 4) is 11.8 Å². The Morgan fingerprint density at radius 1 is 1.28 bits per heavy atom. The van der Waals surface area contributed by atoms with Gasteiger partial charge in [0.2, 0.25) is 0 Å². The fourth-order valence-corrected chi connectivity index (χ4v) is 5.57. The molecule has 0 aliphatic carbocycles. The molecule has 2 aliphatic rings. The van der Waals surface area contributed by atoms with Crippen LogP contribution in [0.5, 0.6) is 0 Å². The topological polar surface area (TPSA) is 95.9 Å². The van der Waals surface area contributed by atoms with E-state index in [-0.39, 0.29) is 24.0 Å². The number of amides is 2. The van der Waals surface area contributed by atoms with Crippen LogP contribution in [0.4, 0.5) is 9.59 Å². The maximum Gasteiger partial charge on any atom is 0.410 e. The van der Waals surface area contributed by atoms with Gasteiger partial charge in [-0.1, -0.05) is 44.2 Å². The van der Waals surface area contributed by atoms with Gasteiger partial charge in [0, 0.05) is 19.0 Å². The molecule has 10 heteroatoms. The van der Waals surface area contributed by atoms with E-state index in [1.165, 1.54) is 22.6 Å². The van der Waals surface area contributed by atoms with Crippen LogP contribution in [0.25, 0.3) is 10.2 Å². The number of carbonyl (C=O) groups is 2. The molecule has 4 heterocycles. The Hall–Kier alpha value is -2.57. The van der Waals surface area contributed by atoms with Crippen LogP contribution in [-0.2, 0) is 4.74 Å². The van der Waals surface area contributed by atoms with Gasteiger partial charge in [-0.3, -0.25) is 4.90 Å². The Morgan fingerprint density at radius 3 is 2.62 bits per heavy atom. The van der Waals surface area contributed by atoms with E-state index in [0.717, 1.165) is 27.9 Å². The number of carboxylic acid groups (broad SMARTS) is 1. The number of hydrogen-bond donors (Lipinski definition) is 1. The van der Waals surface area contributed by atoms with Gasteiger partial charge < -0.3 is 14.7 Å².